The number of aliphatic hydroxyl groups excluding tert-OH is 1. The highest BCUT2D eigenvalue weighted by molar-refractivity contribution is 6.74. The highest BCUT2D eigenvalue weighted by Crippen LogP contribution is 2.38. The fraction of sp³-hybridized carbons (Fsp3) is 0.923. The Morgan fingerprint density at radius 2 is 1.84 bits per heavy atom. The van der Waals surface area contributed by atoms with Crippen molar-refractivity contribution in [3.63, 3.8) is 0 Å². The summed E-state index contributed by atoms with van der Waals surface area (Å²) in [4.78, 5) is 16.9. The number of hydrogen-bond donors (Lipinski definition) is 1. The Labute approximate surface area is 118 Å². The van der Waals surface area contributed by atoms with Gasteiger partial charge in [-0.3, -0.25) is 9.63 Å². The number of rotatable bonds is 6. The topological polar surface area (TPSA) is 59.0 Å². The van der Waals surface area contributed by atoms with Gasteiger partial charge in [0.2, 0.25) is 0 Å². The van der Waals surface area contributed by atoms with Crippen molar-refractivity contribution in [2.24, 2.45) is 5.92 Å². The maximum Gasteiger partial charge on any atom is 0.251 e. The third-order valence-electron chi connectivity index (χ3n) is 3.96. The van der Waals surface area contributed by atoms with Gasteiger partial charge in [-0.05, 0) is 18.1 Å². The van der Waals surface area contributed by atoms with E-state index in [2.05, 4.69) is 33.9 Å². The molecule has 0 spiro atoms. The number of nitrogens with zero attached hydrogens (tertiary/aromatic N) is 1. The highest BCUT2D eigenvalue weighted by atomic mass is 28.4. The summed E-state index contributed by atoms with van der Waals surface area (Å²) in [5.74, 6) is -0.635. The third-order valence-corrected chi connectivity index (χ3v) is 8.47. The zero-order valence-corrected chi connectivity index (χ0v) is 14.5. The Morgan fingerprint density at radius 3 is 2.16 bits per heavy atom. The van der Waals surface area contributed by atoms with Gasteiger partial charge in [0.05, 0.1) is 25.7 Å². The van der Waals surface area contributed by atoms with Gasteiger partial charge in [0, 0.05) is 7.05 Å². The highest BCUT2D eigenvalue weighted by Gasteiger charge is 2.41. The molecule has 0 aromatic carbocycles. The number of hydroxylamine groups is 2. The van der Waals surface area contributed by atoms with E-state index in [4.69, 9.17) is 9.26 Å². The lowest BCUT2D eigenvalue weighted by molar-refractivity contribution is -0.176. The monoisotopic (exact) mass is 291 g/mol. The molecule has 0 saturated carbocycles. The largest absolute Gasteiger partial charge is 0.411 e. The second-order valence-electron chi connectivity index (χ2n) is 6.41. The summed E-state index contributed by atoms with van der Waals surface area (Å²) in [6, 6.07) is 0. The molecule has 0 radical (unpaired) electrons. The number of aliphatic hydroxyl groups is 1. The van der Waals surface area contributed by atoms with E-state index in [0.717, 1.165) is 0 Å². The van der Waals surface area contributed by atoms with E-state index < -0.39 is 20.3 Å². The summed E-state index contributed by atoms with van der Waals surface area (Å²) < 4.78 is 6.11. The van der Waals surface area contributed by atoms with Crippen LogP contribution in [0, 0.1) is 5.92 Å². The first-order chi connectivity index (χ1) is 8.47. The van der Waals surface area contributed by atoms with E-state index in [1.807, 2.05) is 0 Å². The molecule has 0 aromatic heterocycles. The van der Waals surface area contributed by atoms with Crippen molar-refractivity contribution in [2.45, 2.75) is 51.9 Å². The normalized spacial score (nSPS) is 16.1. The first-order valence-electron chi connectivity index (χ1n) is 6.58. The first-order valence-corrected chi connectivity index (χ1v) is 9.49. The van der Waals surface area contributed by atoms with Crippen molar-refractivity contribution in [3.8, 4) is 0 Å². The molecule has 0 unspecified atom stereocenters. The van der Waals surface area contributed by atoms with Crippen molar-refractivity contribution in [1.29, 1.82) is 0 Å². The van der Waals surface area contributed by atoms with E-state index in [-0.39, 0.29) is 17.6 Å². The molecule has 6 heteroatoms. The number of amides is 1. The summed E-state index contributed by atoms with van der Waals surface area (Å²) in [5.41, 5.74) is 0. The minimum absolute atomic E-state index is 0.0380. The second-order valence-corrected chi connectivity index (χ2v) is 11.2. The van der Waals surface area contributed by atoms with Crippen LogP contribution in [0.1, 0.15) is 27.7 Å². The van der Waals surface area contributed by atoms with Gasteiger partial charge in [-0.1, -0.05) is 27.7 Å². The number of carbonyl (C=O) groups excluding carboxylic acids is 1. The van der Waals surface area contributed by atoms with Crippen molar-refractivity contribution >= 4 is 14.2 Å². The van der Waals surface area contributed by atoms with Gasteiger partial charge in [-0.25, -0.2) is 5.06 Å². The zero-order chi connectivity index (χ0) is 15.4. The summed E-state index contributed by atoms with van der Waals surface area (Å²) >= 11 is 0. The van der Waals surface area contributed by atoms with Crippen LogP contribution in [-0.4, -0.2) is 51.3 Å². The van der Waals surface area contributed by atoms with Crippen LogP contribution in [0.5, 0.6) is 0 Å². The molecule has 0 aliphatic rings. The molecule has 19 heavy (non-hydrogen) atoms. The fourth-order valence-corrected chi connectivity index (χ4v) is 2.78. The second kappa shape index (κ2) is 6.83. The standard InChI is InChI=1S/C13H29NO4Si/c1-10(12(16)14(5)17-6)11(9-15)18-19(7,8)13(2,3)4/h10-11,15H,9H2,1-8H3/t10-,11-/m0/s1. The Kier molecular flexibility index (Phi) is 6.68. The van der Waals surface area contributed by atoms with E-state index in [0.29, 0.717) is 0 Å². The molecule has 0 aliphatic heterocycles. The van der Waals surface area contributed by atoms with Gasteiger partial charge >= 0.3 is 0 Å². The maximum absolute atomic E-state index is 12.0. The average Bonchev–Trinajstić information content (AvgIpc) is 2.31. The van der Waals surface area contributed by atoms with Crippen LogP contribution < -0.4 is 0 Å². The van der Waals surface area contributed by atoms with Crippen LogP contribution in [0.3, 0.4) is 0 Å². The molecule has 0 fully saturated rings. The Balaban J connectivity index is 4.90. The Morgan fingerprint density at radius 1 is 1.37 bits per heavy atom. The van der Waals surface area contributed by atoms with Crippen LogP contribution in [0.25, 0.3) is 0 Å². The van der Waals surface area contributed by atoms with Crippen LogP contribution in [0.2, 0.25) is 18.1 Å². The molecule has 114 valence electrons. The molecule has 1 amide bonds. The molecule has 0 bridgehead atoms. The summed E-state index contributed by atoms with van der Waals surface area (Å²) in [7, 11) is 0.979. The quantitative estimate of drug-likeness (QED) is 0.601. The minimum Gasteiger partial charge on any atom is -0.411 e. The summed E-state index contributed by atoms with van der Waals surface area (Å²) in [5, 5.41) is 10.7. The van der Waals surface area contributed by atoms with Crippen molar-refractivity contribution in [2.75, 3.05) is 20.8 Å². The smallest absolute Gasteiger partial charge is 0.251 e. The average molecular weight is 291 g/mol. The molecule has 0 saturated heterocycles. The van der Waals surface area contributed by atoms with E-state index >= 15 is 0 Å². The van der Waals surface area contributed by atoms with Gasteiger partial charge in [-0.2, -0.15) is 0 Å². The maximum atomic E-state index is 12.0. The molecule has 1 N–H and O–H groups in total. The molecular formula is C13H29NO4Si. The van der Waals surface area contributed by atoms with Gasteiger partial charge in [0.1, 0.15) is 0 Å². The predicted molar refractivity (Wildman–Crippen MR) is 78.1 cm³/mol. The van der Waals surface area contributed by atoms with Crippen LogP contribution in [0.15, 0.2) is 0 Å². The lowest BCUT2D eigenvalue weighted by Gasteiger charge is -2.40. The van der Waals surface area contributed by atoms with Crippen molar-refractivity contribution in [1.82, 2.24) is 5.06 Å². The zero-order valence-electron chi connectivity index (χ0n) is 13.5. The van der Waals surface area contributed by atoms with Gasteiger partial charge in [-0.15, -0.1) is 0 Å². The van der Waals surface area contributed by atoms with Crippen LogP contribution in [0.4, 0.5) is 0 Å². The Hall–Kier alpha value is -0.433. The van der Waals surface area contributed by atoms with Crippen LogP contribution >= 0.6 is 0 Å². The van der Waals surface area contributed by atoms with Crippen molar-refractivity contribution in [3.05, 3.63) is 0 Å². The van der Waals surface area contributed by atoms with Gasteiger partial charge in [0.25, 0.3) is 5.91 Å². The summed E-state index contributed by atoms with van der Waals surface area (Å²) in [6.07, 6.45) is -0.494. The molecule has 5 nitrogen and oxygen atoms in total. The van der Waals surface area contributed by atoms with Gasteiger partial charge in [0.15, 0.2) is 8.32 Å². The van der Waals surface area contributed by atoms with Crippen molar-refractivity contribution < 1.29 is 19.2 Å². The number of carbonyl (C=O) groups is 1. The molecule has 0 aliphatic carbocycles. The predicted octanol–water partition coefficient (Wildman–Crippen LogP) is 2.02. The van der Waals surface area contributed by atoms with E-state index in [1.165, 1.54) is 12.2 Å². The lowest BCUT2D eigenvalue weighted by Crippen LogP contribution is -2.49. The fourth-order valence-electron chi connectivity index (χ4n) is 1.39. The van der Waals surface area contributed by atoms with E-state index in [1.54, 1.807) is 14.0 Å². The molecule has 0 heterocycles. The Bertz CT molecular complexity index is 302. The molecule has 0 aromatic rings. The first kappa shape index (κ1) is 18.6. The minimum atomic E-state index is -2.01. The van der Waals surface area contributed by atoms with Crippen LogP contribution in [-0.2, 0) is 14.1 Å². The SMILES string of the molecule is CON(C)C(=O)[C@@H](C)[C@H](CO)O[Si](C)(C)C(C)(C)C. The molecule has 2 atom stereocenters. The molecule has 0 rings (SSSR count). The van der Waals surface area contributed by atoms with E-state index in [9.17, 15) is 9.90 Å². The third kappa shape index (κ3) is 4.87. The number of hydrogen-bond acceptors (Lipinski definition) is 4. The van der Waals surface area contributed by atoms with Gasteiger partial charge < -0.3 is 9.53 Å². The summed E-state index contributed by atoms with van der Waals surface area (Å²) in [6.45, 7) is 12.2. The molecular weight excluding hydrogens is 262 g/mol. The lowest BCUT2D eigenvalue weighted by atomic mass is 10.1.